The summed E-state index contributed by atoms with van der Waals surface area (Å²) in [6, 6.07) is 102. The number of hydrogen-bond acceptors (Lipinski definition) is 3. The fourth-order valence-electron chi connectivity index (χ4n) is 13.9. The molecule has 450 valence electrons. The second kappa shape index (κ2) is 23.0. The SMILES string of the molecule is CC(C)(C)c1cc(-c2cccc3c4ccccc4c4ccccc4c4cccc5c4n(c23)[CH-]N5c2[c-]c(Oc3[c-]c4c(cc3)c3cc(C(C)(C)C)ccc3n4-c3cc(C(C)(C)C)ccn3)ccc2)c[c]([Ge]([c]2ccccc2)([c]2ccccc2)[c]2ccccc2)c1.[Pt]. The molecule has 11 aromatic carbocycles. The molecule has 0 saturated heterocycles. The molecule has 14 aromatic rings. The van der Waals surface area contributed by atoms with Crippen LogP contribution < -0.4 is 27.2 Å². The molecule has 0 amide bonds. The van der Waals surface area contributed by atoms with Gasteiger partial charge in [-0.25, -0.2) is 4.98 Å². The molecule has 0 atom stereocenters. The number of nitrogens with zero attached hydrogens (tertiary/aromatic N) is 4. The molecule has 0 aliphatic carbocycles. The van der Waals surface area contributed by atoms with E-state index in [0.717, 1.165) is 66.4 Å². The molecule has 0 unspecified atom stereocenters. The molecule has 0 fully saturated rings. The Bertz CT molecular complexity index is 5110. The Labute approximate surface area is 551 Å². The maximum atomic E-state index is 6.96. The van der Waals surface area contributed by atoms with Crippen molar-refractivity contribution in [3.63, 3.8) is 0 Å². The van der Waals surface area contributed by atoms with Crippen molar-refractivity contribution in [1.82, 2.24) is 14.1 Å². The van der Waals surface area contributed by atoms with Gasteiger partial charge in [0.25, 0.3) is 0 Å². The van der Waals surface area contributed by atoms with Crippen molar-refractivity contribution in [2.24, 2.45) is 0 Å². The molecule has 0 bridgehead atoms. The smallest absolute Gasteiger partial charge is 0 e. The zero-order valence-corrected chi connectivity index (χ0v) is 57.3. The van der Waals surface area contributed by atoms with E-state index in [9.17, 15) is 0 Å². The predicted molar refractivity (Wildman–Crippen MR) is 382 cm³/mol. The van der Waals surface area contributed by atoms with E-state index < -0.39 is 13.3 Å². The fraction of sp³-hybridized carbons (Fsp3) is 0.143. The molecule has 91 heavy (non-hydrogen) atoms. The normalized spacial score (nSPS) is 12.6. The molecule has 0 spiro atoms. The summed E-state index contributed by atoms with van der Waals surface area (Å²) >= 11 is -3.82. The molecule has 3 aromatic heterocycles. The van der Waals surface area contributed by atoms with Crippen LogP contribution in [0.15, 0.2) is 261 Å². The molecule has 4 heterocycles. The Morgan fingerprint density at radius 2 is 0.934 bits per heavy atom. The molecular formula is C84H71GeN4OPt-3. The largest absolute Gasteiger partial charge is 0 e. The number of benzene rings is 11. The molecular weight excluding hydrogens is 1350 g/mol. The van der Waals surface area contributed by atoms with Crippen LogP contribution in [-0.2, 0) is 37.3 Å². The zero-order chi connectivity index (χ0) is 61.7. The molecule has 5 nitrogen and oxygen atoms in total. The average Bonchev–Trinajstić information content (AvgIpc) is 1.73. The Morgan fingerprint density at radius 3 is 1.54 bits per heavy atom. The minimum absolute atomic E-state index is 0. The van der Waals surface area contributed by atoms with Crippen LogP contribution >= 0.6 is 0 Å². The number of anilines is 2. The number of ether oxygens (including phenoxy) is 1. The topological polar surface area (TPSA) is 35.2 Å². The van der Waals surface area contributed by atoms with Crippen molar-refractivity contribution in [3.8, 4) is 28.4 Å². The summed E-state index contributed by atoms with van der Waals surface area (Å²) in [5, 5.41) is 9.23. The van der Waals surface area contributed by atoms with E-state index in [0.29, 0.717) is 11.5 Å². The summed E-state index contributed by atoms with van der Waals surface area (Å²) in [4.78, 5) is 7.30. The molecule has 0 radical (unpaired) electrons. The van der Waals surface area contributed by atoms with E-state index in [4.69, 9.17) is 9.72 Å². The molecule has 0 saturated carbocycles. The van der Waals surface area contributed by atoms with Gasteiger partial charge in [-0.2, -0.15) is 6.07 Å². The maximum Gasteiger partial charge on any atom is 0 e. The van der Waals surface area contributed by atoms with E-state index >= 15 is 0 Å². The summed E-state index contributed by atoms with van der Waals surface area (Å²) < 4.78 is 17.2. The predicted octanol–water partition coefficient (Wildman–Crippen LogP) is 19.2. The van der Waals surface area contributed by atoms with Gasteiger partial charge < -0.3 is 4.57 Å². The van der Waals surface area contributed by atoms with E-state index in [2.05, 4.69) is 338 Å². The maximum absolute atomic E-state index is 6.96. The number of hydrogen-bond donors (Lipinski definition) is 0. The van der Waals surface area contributed by atoms with Gasteiger partial charge in [-0.3, -0.25) is 0 Å². The van der Waals surface area contributed by atoms with Crippen molar-refractivity contribution in [2.75, 3.05) is 4.90 Å². The average molecular weight is 1420 g/mol. The number of pyridine rings is 1. The third kappa shape index (κ3) is 10.3. The Kier molecular flexibility index (Phi) is 15.0. The minimum Gasteiger partial charge on any atom is 0 e. The second-order valence-corrected chi connectivity index (χ2v) is 35.3. The Balaban J connectivity index is 0.00000721. The third-order valence-corrected chi connectivity index (χ3v) is 28.5. The van der Waals surface area contributed by atoms with Crippen molar-refractivity contribution in [1.29, 1.82) is 0 Å². The monoisotopic (exact) mass is 1420 g/mol. The molecule has 0 N–H and O–H groups in total. The van der Waals surface area contributed by atoms with E-state index in [-0.39, 0.29) is 37.3 Å². The van der Waals surface area contributed by atoms with Crippen LogP contribution in [-0.4, -0.2) is 27.4 Å². The standard InChI is InChI=1S/C84H71GeN4O.Pt/c1-82(2,3)57-42-45-76-75(51-57)72-44-43-66(54-78(72)89(76)79-52-58(46-47-86-79)83(4,5)6)90-65-33-23-32-64(53-65)87-55-88-80-67(38-24-39-73(80)70-36-21-19-34-68(70)69-35-20-22-37-71(69)74-40-25-41-77(87)81(74)88)56-48-59(84(7,8)9)50-63(49-56)85(60-26-13-10-14-27-60,61-28-15-11-16-29-61)62-30-17-12-18-31-62;/h10-52,55H,1-9H3;/q-3;. The van der Waals surface area contributed by atoms with Gasteiger partial charge in [0.2, 0.25) is 0 Å². The van der Waals surface area contributed by atoms with Gasteiger partial charge in [0.05, 0.1) is 0 Å². The van der Waals surface area contributed by atoms with Crippen LogP contribution in [0, 0.1) is 18.8 Å². The second-order valence-electron chi connectivity index (χ2n) is 27.3. The molecule has 1 aliphatic heterocycles. The summed E-state index contributed by atoms with van der Waals surface area (Å²) in [6.07, 6.45) is 1.93. The third-order valence-electron chi connectivity index (χ3n) is 18.5. The van der Waals surface area contributed by atoms with Crippen LogP contribution in [0.1, 0.15) is 79.0 Å². The van der Waals surface area contributed by atoms with Crippen molar-refractivity contribution >= 4 is 107 Å². The first-order valence-electron chi connectivity index (χ1n) is 31.4. The summed E-state index contributed by atoms with van der Waals surface area (Å²) in [6.45, 7) is 22.9. The summed E-state index contributed by atoms with van der Waals surface area (Å²) in [5.41, 5.74) is 11.9. The van der Waals surface area contributed by atoms with Crippen molar-refractivity contribution in [2.45, 2.75) is 78.6 Å². The van der Waals surface area contributed by atoms with Gasteiger partial charge >= 0.3 is 373 Å². The molecule has 15 rings (SSSR count). The number of aromatic nitrogens is 3. The molecule has 1 aliphatic rings. The van der Waals surface area contributed by atoms with E-state index in [1.165, 1.54) is 61.4 Å². The first-order chi connectivity index (χ1) is 43.5. The van der Waals surface area contributed by atoms with Crippen LogP contribution in [0.3, 0.4) is 0 Å². The van der Waals surface area contributed by atoms with Gasteiger partial charge in [-0.05, 0) is 45.5 Å². The first kappa shape index (κ1) is 59.5. The van der Waals surface area contributed by atoms with Crippen molar-refractivity contribution in [3.05, 3.63) is 296 Å². The van der Waals surface area contributed by atoms with Crippen LogP contribution in [0.2, 0.25) is 0 Å². The molecule has 7 heteroatoms. The van der Waals surface area contributed by atoms with Crippen LogP contribution in [0.25, 0.3) is 82.1 Å². The van der Waals surface area contributed by atoms with E-state index in [1.807, 2.05) is 18.3 Å². The Hall–Kier alpha value is -9.13. The van der Waals surface area contributed by atoms with Crippen LogP contribution in [0.4, 0.5) is 11.4 Å². The van der Waals surface area contributed by atoms with Gasteiger partial charge in [0.1, 0.15) is 5.82 Å². The van der Waals surface area contributed by atoms with Crippen LogP contribution in [0.5, 0.6) is 11.5 Å². The number of para-hydroxylation sites is 2. The summed E-state index contributed by atoms with van der Waals surface area (Å²) in [7, 11) is 0. The van der Waals surface area contributed by atoms with E-state index in [1.54, 1.807) is 0 Å². The number of rotatable bonds is 9. The Morgan fingerprint density at radius 1 is 0.407 bits per heavy atom. The van der Waals surface area contributed by atoms with Gasteiger partial charge in [-0.15, -0.1) is 17.5 Å². The summed E-state index contributed by atoms with van der Waals surface area (Å²) in [5.74, 6) is 2.01. The van der Waals surface area contributed by atoms with Gasteiger partial charge in [-0.1, -0.05) is 59.2 Å². The minimum atomic E-state index is -3.82. The quantitative estimate of drug-likeness (QED) is 0.107. The first-order valence-corrected chi connectivity index (χ1v) is 35.6. The van der Waals surface area contributed by atoms with Crippen molar-refractivity contribution < 1.29 is 25.8 Å². The van der Waals surface area contributed by atoms with Gasteiger partial charge in [0, 0.05) is 38.5 Å². The van der Waals surface area contributed by atoms with Gasteiger partial charge in [0.15, 0.2) is 0 Å². The zero-order valence-electron chi connectivity index (χ0n) is 52.9. The number of fused-ring (bicyclic) bond motifs is 10. The fourth-order valence-corrected chi connectivity index (χ4v) is 24.0.